The van der Waals surface area contributed by atoms with Crippen LogP contribution in [0, 0.1) is 0 Å². The molecule has 3 aromatic heterocycles. The molecular weight excluding hydrogens is 753 g/mol. The molecule has 59 heavy (non-hydrogen) atoms. The molecule has 1 nitrogen and oxygen atoms in total. The molecule has 0 saturated carbocycles. The molecule has 0 aliphatic rings. The van der Waals surface area contributed by atoms with Crippen LogP contribution < -0.4 is 0 Å². The number of thiophene rings is 2. The van der Waals surface area contributed by atoms with Gasteiger partial charge in [-0.3, -0.25) is 0 Å². The van der Waals surface area contributed by atoms with Gasteiger partial charge in [0.1, 0.15) is 11.2 Å². The lowest BCUT2D eigenvalue weighted by atomic mass is 9.84. The highest BCUT2D eigenvalue weighted by Crippen LogP contribution is 2.53. The van der Waals surface area contributed by atoms with Crippen LogP contribution in [0.1, 0.15) is 0 Å². The fourth-order valence-corrected chi connectivity index (χ4v) is 12.0. The first-order valence-electron chi connectivity index (χ1n) is 20.1. The first-order valence-corrected chi connectivity index (χ1v) is 21.7. The Kier molecular flexibility index (Phi) is 7.12. The van der Waals surface area contributed by atoms with Crippen molar-refractivity contribution in [2.24, 2.45) is 0 Å². The Labute approximate surface area is 347 Å². The molecule has 3 heteroatoms. The van der Waals surface area contributed by atoms with E-state index in [1.165, 1.54) is 101 Å². The van der Waals surface area contributed by atoms with E-state index in [0.717, 1.165) is 27.3 Å². The minimum Gasteiger partial charge on any atom is -0.455 e. The maximum atomic E-state index is 6.47. The highest BCUT2D eigenvalue weighted by atomic mass is 32.1. The number of fused-ring (bicyclic) bond motifs is 11. The number of benzene rings is 10. The fourth-order valence-electron chi connectivity index (χ4n) is 9.61. The lowest BCUT2D eigenvalue weighted by Gasteiger charge is -2.19. The second-order valence-electron chi connectivity index (χ2n) is 15.5. The van der Waals surface area contributed by atoms with Crippen molar-refractivity contribution in [3.05, 3.63) is 194 Å². The van der Waals surface area contributed by atoms with E-state index in [4.69, 9.17) is 4.42 Å². The fraction of sp³-hybridized carbons (Fsp3) is 0. The second kappa shape index (κ2) is 12.7. The maximum absolute atomic E-state index is 6.47. The number of hydrogen-bond acceptors (Lipinski definition) is 3. The molecule has 0 unspecified atom stereocenters. The molecule has 0 amide bonds. The zero-order valence-electron chi connectivity index (χ0n) is 31.7. The van der Waals surface area contributed by atoms with Crippen molar-refractivity contribution in [2.75, 3.05) is 0 Å². The van der Waals surface area contributed by atoms with Crippen molar-refractivity contribution in [2.45, 2.75) is 0 Å². The average molecular weight is 785 g/mol. The summed E-state index contributed by atoms with van der Waals surface area (Å²) < 4.78 is 10.4. The summed E-state index contributed by atoms with van der Waals surface area (Å²) in [6.45, 7) is 0. The van der Waals surface area contributed by atoms with Gasteiger partial charge in [-0.1, -0.05) is 146 Å². The monoisotopic (exact) mass is 784 g/mol. The standard InChI is InChI=1S/C56H32OS2/c1-2-13-33(14-3-1)34-15-12-16-37(29-34)56-54(47-31-46-40-18-9-11-24-49(40)58-50(46)32-51(47)59-56)53-43-21-6-4-19-41(43)52(42-20-5-7-22-44(42)53)36-26-27-38-35(30-36)25-28-45-39-17-8-10-23-48(39)57-55(38)45/h1-32H. The molecule has 3 heterocycles. The van der Waals surface area contributed by atoms with E-state index < -0.39 is 0 Å². The third kappa shape index (κ3) is 4.96. The van der Waals surface area contributed by atoms with Crippen LogP contribution in [0.5, 0.6) is 0 Å². The number of para-hydroxylation sites is 1. The number of furan rings is 1. The van der Waals surface area contributed by atoms with Gasteiger partial charge in [-0.2, -0.15) is 0 Å². The van der Waals surface area contributed by atoms with Crippen LogP contribution in [-0.4, -0.2) is 0 Å². The molecule has 0 aliphatic carbocycles. The molecule has 0 atom stereocenters. The molecular formula is C56H32OS2. The molecule has 274 valence electrons. The van der Waals surface area contributed by atoms with Crippen LogP contribution >= 0.6 is 22.7 Å². The Balaban J connectivity index is 1.11. The molecule has 0 fully saturated rings. The van der Waals surface area contributed by atoms with Crippen molar-refractivity contribution in [1.29, 1.82) is 0 Å². The summed E-state index contributed by atoms with van der Waals surface area (Å²) >= 11 is 3.81. The molecule has 10 aromatic carbocycles. The van der Waals surface area contributed by atoms with Crippen LogP contribution in [0.4, 0.5) is 0 Å². The van der Waals surface area contributed by atoms with E-state index >= 15 is 0 Å². The van der Waals surface area contributed by atoms with Gasteiger partial charge in [0.15, 0.2) is 0 Å². The molecule has 13 rings (SSSR count). The zero-order chi connectivity index (χ0) is 38.6. The minimum absolute atomic E-state index is 0.923. The van der Waals surface area contributed by atoms with Crippen molar-refractivity contribution in [3.8, 4) is 43.8 Å². The molecule has 0 spiro atoms. The molecule has 0 saturated heterocycles. The lowest BCUT2D eigenvalue weighted by molar-refractivity contribution is 0.672. The summed E-state index contributed by atoms with van der Waals surface area (Å²) in [6.07, 6.45) is 0. The van der Waals surface area contributed by atoms with Crippen LogP contribution in [0.3, 0.4) is 0 Å². The van der Waals surface area contributed by atoms with E-state index in [1.807, 2.05) is 28.7 Å². The van der Waals surface area contributed by atoms with Crippen LogP contribution in [0.25, 0.3) is 128 Å². The van der Waals surface area contributed by atoms with Gasteiger partial charge in [0.2, 0.25) is 0 Å². The summed E-state index contributed by atoms with van der Waals surface area (Å²) in [6, 6.07) is 71.5. The third-order valence-corrected chi connectivity index (χ3v) is 14.6. The summed E-state index contributed by atoms with van der Waals surface area (Å²) in [5.41, 5.74) is 10.6. The Bertz CT molecular complexity index is 3790. The number of hydrogen-bond donors (Lipinski definition) is 0. The van der Waals surface area contributed by atoms with Gasteiger partial charge in [-0.15, -0.1) is 22.7 Å². The largest absolute Gasteiger partial charge is 0.455 e. The van der Waals surface area contributed by atoms with E-state index in [-0.39, 0.29) is 0 Å². The van der Waals surface area contributed by atoms with E-state index in [9.17, 15) is 0 Å². The first-order chi connectivity index (χ1) is 29.2. The number of rotatable bonds is 4. The van der Waals surface area contributed by atoms with Gasteiger partial charge in [-0.25, -0.2) is 0 Å². The van der Waals surface area contributed by atoms with Crippen LogP contribution in [0.15, 0.2) is 199 Å². The SMILES string of the molecule is c1ccc(-c2cccc(-c3sc4cc5sc6ccccc6c5cc4c3-c3c4ccccc4c(-c4ccc5c(ccc6c7ccccc7oc56)c4)c4ccccc34)c2)cc1. The summed E-state index contributed by atoms with van der Waals surface area (Å²) in [4.78, 5) is 1.29. The smallest absolute Gasteiger partial charge is 0.143 e. The normalized spacial score (nSPS) is 12.1. The Hall–Kier alpha value is -7.04. The molecule has 0 aliphatic heterocycles. The predicted molar refractivity (Wildman–Crippen MR) is 256 cm³/mol. The predicted octanol–water partition coefficient (Wildman–Crippen LogP) is 17.3. The highest BCUT2D eigenvalue weighted by Gasteiger charge is 2.24. The van der Waals surface area contributed by atoms with Gasteiger partial charge in [0, 0.05) is 56.9 Å². The highest BCUT2D eigenvalue weighted by molar-refractivity contribution is 7.27. The second-order valence-corrected chi connectivity index (χ2v) is 17.6. The van der Waals surface area contributed by atoms with Crippen molar-refractivity contribution < 1.29 is 4.42 Å². The van der Waals surface area contributed by atoms with Gasteiger partial charge in [0.25, 0.3) is 0 Å². The summed E-state index contributed by atoms with van der Waals surface area (Å²) in [5.74, 6) is 0. The van der Waals surface area contributed by atoms with Crippen LogP contribution in [-0.2, 0) is 0 Å². The van der Waals surface area contributed by atoms with E-state index in [2.05, 4.69) is 188 Å². The third-order valence-electron chi connectivity index (χ3n) is 12.2. The summed E-state index contributed by atoms with van der Waals surface area (Å²) in [7, 11) is 0. The topological polar surface area (TPSA) is 13.1 Å². The van der Waals surface area contributed by atoms with Crippen molar-refractivity contribution >= 4 is 107 Å². The van der Waals surface area contributed by atoms with Gasteiger partial charge >= 0.3 is 0 Å². The van der Waals surface area contributed by atoms with Gasteiger partial charge in [-0.05, 0) is 109 Å². The molecule has 0 radical (unpaired) electrons. The minimum atomic E-state index is 0.923. The Morgan fingerprint density at radius 3 is 1.71 bits per heavy atom. The van der Waals surface area contributed by atoms with E-state index in [0.29, 0.717) is 0 Å². The van der Waals surface area contributed by atoms with Gasteiger partial charge < -0.3 is 4.42 Å². The van der Waals surface area contributed by atoms with E-state index in [1.54, 1.807) is 0 Å². The van der Waals surface area contributed by atoms with Crippen molar-refractivity contribution in [1.82, 2.24) is 0 Å². The molecule has 0 bridgehead atoms. The average Bonchev–Trinajstić information content (AvgIpc) is 3.98. The lowest BCUT2D eigenvalue weighted by Crippen LogP contribution is -1.92. The quantitative estimate of drug-likeness (QED) is 0.162. The Morgan fingerprint density at radius 2 is 0.915 bits per heavy atom. The Morgan fingerprint density at radius 1 is 0.288 bits per heavy atom. The van der Waals surface area contributed by atoms with Crippen LogP contribution in [0.2, 0.25) is 0 Å². The first kappa shape index (κ1) is 33.0. The van der Waals surface area contributed by atoms with Gasteiger partial charge in [0.05, 0.1) is 0 Å². The molecule has 0 N–H and O–H groups in total. The van der Waals surface area contributed by atoms with Crippen molar-refractivity contribution in [3.63, 3.8) is 0 Å². The maximum Gasteiger partial charge on any atom is 0.143 e. The zero-order valence-corrected chi connectivity index (χ0v) is 33.3. The summed E-state index contributed by atoms with van der Waals surface area (Å²) in [5, 5.41) is 13.6. The molecule has 13 aromatic rings.